The zero-order chi connectivity index (χ0) is 15.2. The Kier molecular flexibility index (Phi) is 6.12. The Labute approximate surface area is 120 Å². The van der Waals surface area contributed by atoms with Crippen LogP contribution < -0.4 is 0 Å². The van der Waals surface area contributed by atoms with E-state index in [2.05, 4.69) is 8.37 Å². The number of hydrogen-bond donors (Lipinski definition) is 0. The average molecular weight is 322 g/mol. The molecule has 0 fully saturated rings. The van der Waals surface area contributed by atoms with Crippen LogP contribution >= 0.6 is 0 Å². The summed E-state index contributed by atoms with van der Waals surface area (Å²) in [5.41, 5.74) is 1.84. The van der Waals surface area contributed by atoms with Gasteiger partial charge in [-0.05, 0) is 24.0 Å². The zero-order valence-corrected chi connectivity index (χ0v) is 13.0. The summed E-state index contributed by atoms with van der Waals surface area (Å²) in [7, 11) is -6.84. The Hall–Kier alpha value is -0.960. The summed E-state index contributed by atoms with van der Waals surface area (Å²) in [5.74, 6) is 0. The molecule has 0 saturated carbocycles. The van der Waals surface area contributed by atoms with E-state index in [1.54, 1.807) is 0 Å². The van der Waals surface area contributed by atoms with Crippen molar-refractivity contribution in [1.29, 1.82) is 0 Å². The van der Waals surface area contributed by atoms with Crippen molar-refractivity contribution in [2.75, 3.05) is 25.7 Å². The maximum Gasteiger partial charge on any atom is 0.264 e. The summed E-state index contributed by atoms with van der Waals surface area (Å²) in [6.45, 7) is 0.171. The molecule has 0 aliphatic carbocycles. The molecule has 0 saturated heterocycles. The molecule has 1 aromatic carbocycles. The molecule has 1 aromatic rings. The first-order chi connectivity index (χ1) is 9.16. The summed E-state index contributed by atoms with van der Waals surface area (Å²) in [5, 5.41) is 0. The van der Waals surface area contributed by atoms with Gasteiger partial charge in [-0.1, -0.05) is 24.3 Å². The first-order valence-electron chi connectivity index (χ1n) is 5.92. The SMILES string of the molecule is CS(=O)(=O)OCCc1cccc(CCOS(C)(=O)=O)c1. The topological polar surface area (TPSA) is 86.7 Å². The van der Waals surface area contributed by atoms with Crippen LogP contribution in [-0.2, 0) is 41.4 Å². The highest BCUT2D eigenvalue weighted by molar-refractivity contribution is 7.86. The van der Waals surface area contributed by atoms with Crippen LogP contribution in [0.2, 0.25) is 0 Å². The number of hydrogen-bond acceptors (Lipinski definition) is 6. The highest BCUT2D eigenvalue weighted by Crippen LogP contribution is 2.08. The van der Waals surface area contributed by atoms with Crippen molar-refractivity contribution in [3.05, 3.63) is 35.4 Å². The minimum Gasteiger partial charge on any atom is -0.270 e. The van der Waals surface area contributed by atoms with Crippen LogP contribution in [0, 0.1) is 0 Å². The van der Waals surface area contributed by atoms with Crippen LogP contribution in [0.25, 0.3) is 0 Å². The predicted octanol–water partition coefficient (Wildman–Crippen LogP) is 0.724. The lowest BCUT2D eigenvalue weighted by atomic mass is 10.1. The van der Waals surface area contributed by atoms with E-state index < -0.39 is 20.2 Å². The van der Waals surface area contributed by atoms with Crippen LogP contribution in [0.15, 0.2) is 24.3 Å². The predicted molar refractivity (Wildman–Crippen MR) is 75.4 cm³/mol. The minimum atomic E-state index is -3.42. The van der Waals surface area contributed by atoms with Gasteiger partial charge in [0, 0.05) is 0 Å². The van der Waals surface area contributed by atoms with Crippen molar-refractivity contribution in [2.45, 2.75) is 12.8 Å². The quantitative estimate of drug-likeness (QED) is 0.656. The van der Waals surface area contributed by atoms with E-state index in [0.29, 0.717) is 12.8 Å². The maximum absolute atomic E-state index is 10.8. The molecule has 0 spiro atoms. The summed E-state index contributed by atoms with van der Waals surface area (Å²) in [6.07, 6.45) is 2.94. The Morgan fingerprint density at radius 1 is 0.850 bits per heavy atom. The van der Waals surface area contributed by atoms with Crippen molar-refractivity contribution >= 4 is 20.2 Å². The third-order valence-electron chi connectivity index (χ3n) is 2.37. The highest BCUT2D eigenvalue weighted by Gasteiger charge is 2.04. The monoisotopic (exact) mass is 322 g/mol. The second kappa shape index (κ2) is 7.16. The Morgan fingerprint density at radius 3 is 1.60 bits per heavy atom. The molecule has 0 aromatic heterocycles. The van der Waals surface area contributed by atoms with Gasteiger partial charge in [0.1, 0.15) is 0 Å². The first-order valence-corrected chi connectivity index (χ1v) is 9.56. The van der Waals surface area contributed by atoms with E-state index in [1.807, 2.05) is 24.3 Å². The molecule has 0 atom stereocenters. The van der Waals surface area contributed by atoms with Crippen LogP contribution in [0.5, 0.6) is 0 Å². The van der Waals surface area contributed by atoms with E-state index in [9.17, 15) is 16.8 Å². The average Bonchev–Trinajstić information content (AvgIpc) is 2.26. The maximum atomic E-state index is 10.8. The fourth-order valence-corrected chi connectivity index (χ4v) is 2.33. The standard InChI is InChI=1S/C12H18O6S2/c1-19(13,14)17-8-6-11-4-3-5-12(10-11)7-9-18-20(2,15)16/h3-5,10H,6-9H2,1-2H3. The molecule has 0 heterocycles. The van der Waals surface area contributed by atoms with Crippen molar-refractivity contribution in [3.8, 4) is 0 Å². The fraction of sp³-hybridized carbons (Fsp3) is 0.500. The summed E-state index contributed by atoms with van der Waals surface area (Å²) >= 11 is 0. The van der Waals surface area contributed by atoms with Gasteiger partial charge in [0.2, 0.25) is 0 Å². The van der Waals surface area contributed by atoms with Crippen molar-refractivity contribution in [3.63, 3.8) is 0 Å². The number of rotatable bonds is 8. The third-order valence-corrected chi connectivity index (χ3v) is 3.56. The molecule has 20 heavy (non-hydrogen) atoms. The minimum absolute atomic E-state index is 0.0854. The molecular formula is C12H18O6S2. The fourth-order valence-electron chi connectivity index (χ4n) is 1.56. The molecule has 8 heteroatoms. The summed E-state index contributed by atoms with van der Waals surface area (Å²) in [6, 6.07) is 7.40. The van der Waals surface area contributed by atoms with E-state index in [-0.39, 0.29) is 13.2 Å². The largest absolute Gasteiger partial charge is 0.270 e. The normalized spacial score (nSPS) is 12.5. The van der Waals surface area contributed by atoms with Gasteiger partial charge in [-0.15, -0.1) is 0 Å². The van der Waals surface area contributed by atoms with Gasteiger partial charge < -0.3 is 0 Å². The van der Waals surface area contributed by atoms with Crippen molar-refractivity contribution in [1.82, 2.24) is 0 Å². The lowest BCUT2D eigenvalue weighted by Gasteiger charge is -2.06. The van der Waals surface area contributed by atoms with Gasteiger partial charge in [0.15, 0.2) is 0 Å². The molecule has 1 rings (SSSR count). The first kappa shape index (κ1) is 17.1. The van der Waals surface area contributed by atoms with E-state index in [1.165, 1.54) is 0 Å². The van der Waals surface area contributed by atoms with Gasteiger partial charge in [0.25, 0.3) is 20.2 Å². The van der Waals surface area contributed by atoms with Gasteiger partial charge in [-0.25, -0.2) is 0 Å². The number of benzene rings is 1. The second-order valence-electron chi connectivity index (χ2n) is 4.37. The summed E-state index contributed by atoms with van der Waals surface area (Å²) in [4.78, 5) is 0. The van der Waals surface area contributed by atoms with Crippen molar-refractivity contribution < 1.29 is 25.2 Å². The smallest absolute Gasteiger partial charge is 0.264 e. The molecule has 6 nitrogen and oxygen atoms in total. The summed E-state index contributed by atoms with van der Waals surface area (Å²) < 4.78 is 52.6. The van der Waals surface area contributed by atoms with Crippen LogP contribution in [0.4, 0.5) is 0 Å². The van der Waals surface area contributed by atoms with E-state index in [0.717, 1.165) is 23.6 Å². The van der Waals surface area contributed by atoms with Crippen molar-refractivity contribution in [2.24, 2.45) is 0 Å². The molecule has 0 amide bonds. The highest BCUT2D eigenvalue weighted by atomic mass is 32.2. The molecule has 0 bridgehead atoms. The van der Waals surface area contributed by atoms with E-state index >= 15 is 0 Å². The molecule has 0 N–H and O–H groups in total. The van der Waals surface area contributed by atoms with Gasteiger partial charge >= 0.3 is 0 Å². The molecule has 0 aliphatic rings. The Bertz CT molecular complexity index is 580. The van der Waals surface area contributed by atoms with Gasteiger partial charge in [-0.3, -0.25) is 8.37 Å². The second-order valence-corrected chi connectivity index (χ2v) is 7.66. The zero-order valence-electron chi connectivity index (χ0n) is 11.4. The van der Waals surface area contributed by atoms with Crippen LogP contribution in [-0.4, -0.2) is 42.6 Å². The molecule has 114 valence electrons. The Balaban J connectivity index is 2.49. The molecule has 0 unspecified atom stereocenters. The molecule has 0 aliphatic heterocycles. The third kappa shape index (κ3) is 8.26. The molecule has 0 radical (unpaired) electrons. The molecular weight excluding hydrogens is 304 g/mol. The van der Waals surface area contributed by atoms with E-state index in [4.69, 9.17) is 0 Å². The van der Waals surface area contributed by atoms with Crippen LogP contribution in [0.1, 0.15) is 11.1 Å². The van der Waals surface area contributed by atoms with Gasteiger partial charge in [-0.2, -0.15) is 16.8 Å². The van der Waals surface area contributed by atoms with Crippen LogP contribution in [0.3, 0.4) is 0 Å². The van der Waals surface area contributed by atoms with Gasteiger partial charge in [0.05, 0.1) is 25.7 Å². The lowest BCUT2D eigenvalue weighted by molar-refractivity contribution is 0.325. The lowest BCUT2D eigenvalue weighted by Crippen LogP contribution is -2.07. The Morgan fingerprint density at radius 2 is 1.25 bits per heavy atom.